The molecule has 0 radical (unpaired) electrons. The third kappa shape index (κ3) is 2.54. The molecule has 0 saturated carbocycles. The highest BCUT2D eigenvalue weighted by Gasteiger charge is 2.09. The Hall–Kier alpha value is -1.96. The van der Waals surface area contributed by atoms with E-state index in [-0.39, 0.29) is 11.6 Å². The Kier molecular flexibility index (Phi) is 3.56. The molecule has 0 fully saturated rings. The standard InChI is InChI=1S/C14H14O2/c1-9(2)13(15)11-5-7-12(8-6-11)14(16)10(3)4/h5-8H,1,3H2,2,4H3. The van der Waals surface area contributed by atoms with E-state index in [4.69, 9.17) is 0 Å². The van der Waals surface area contributed by atoms with Crippen LogP contribution in [0, 0.1) is 0 Å². The van der Waals surface area contributed by atoms with E-state index in [1.807, 2.05) is 0 Å². The van der Waals surface area contributed by atoms with Crippen LogP contribution in [0.25, 0.3) is 0 Å². The largest absolute Gasteiger partial charge is 0.289 e. The topological polar surface area (TPSA) is 34.1 Å². The summed E-state index contributed by atoms with van der Waals surface area (Å²) in [6.45, 7) is 10.5. The molecule has 0 heterocycles. The zero-order valence-electron chi connectivity index (χ0n) is 9.54. The van der Waals surface area contributed by atoms with Crippen LogP contribution >= 0.6 is 0 Å². The minimum Gasteiger partial charge on any atom is -0.289 e. The van der Waals surface area contributed by atoms with Crippen molar-refractivity contribution in [3.63, 3.8) is 0 Å². The number of hydrogen-bond donors (Lipinski definition) is 0. The maximum absolute atomic E-state index is 11.6. The van der Waals surface area contributed by atoms with E-state index in [0.717, 1.165) is 0 Å². The van der Waals surface area contributed by atoms with E-state index in [0.29, 0.717) is 22.3 Å². The van der Waals surface area contributed by atoms with Gasteiger partial charge >= 0.3 is 0 Å². The minimum atomic E-state index is -0.102. The van der Waals surface area contributed by atoms with Crippen LogP contribution in [0.5, 0.6) is 0 Å². The summed E-state index contributed by atoms with van der Waals surface area (Å²) in [6.07, 6.45) is 0. The van der Waals surface area contributed by atoms with Gasteiger partial charge in [-0.05, 0) is 25.0 Å². The molecular weight excluding hydrogens is 200 g/mol. The quantitative estimate of drug-likeness (QED) is 0.569. The number of ketones is 2. The Labute approximate surface area is 95.3 Å². The first kappa shape index (κ1) is 12.1. The van der Waals surface area contributed by atoms with Crippen LogP contribution in [0.2, 0.25) is 0 Å². The van der Waals surface area contributed by atoms with E-state index >= 15 is 0 Å². The van der Waals surface area contributed by atoms with Crippen molar-refractivity contribution in [3.05, 3.63) is 59.7 Å². The average Bonchev–Trinajstić information content (AvgIpc) is 2.27. The predicted octanol–water partition coefficient (Wildman–Crippen LogP) is 3.20. The summed E-state index contributed by atoms with van der Waals surface area (Å²) >= 11 is 0. The number of benzene rings is 1. The highest BCUT2D eigenvalue weighted by molar-refractivity contribution is 6.10. The van der Waals surface area contributed by atoms with Crippen molar-refractivity contribution >= 4 is 11.6 Å². The Morgan fingerprint density at radius 3 is 1.25 bits per heavy atom. The number of hydrogen-bond acceptors (Lipinski definition) is 2. The van der Waals surface area contributed by atoms with Crippen molar-refractivity contribution < 1.29 is 9.59 Å². The van der Waals surface area contributed by atoms with Gasteiger partial charge in [0.15, 0.2) is 11.6 Å². The van der Waals surface area contributed by atoms with Crippen molar-refractivity contribution in [2.24, 2.45) is 0 Å². The fraction of sp³-hybridized carbons (Fsp3) is 0.143. The van der Waals surface area contributed by atoms with Crippen LogP contribution in [-0.4, -0.2) is 11.6 Å². The first-order valence-electron chi connectivity index (χ1n) is 4.94. The lowest BCUT2D eigenvalue weighted by molar-refractivity contribution is 0.102. The second-order valence-electron chi connectivity index (χ2n) is 3.80. The molecule has 1 aromatic rings. The smallest absolute Gasteiger partial charge is 0.188 e. The van der Waals surface area contributed by atoms with Gasteiger partial charge in [-0.25, -0.2) is 0 Å². The van der Waals surface area contributed by atoms with Crippen LogP contribution in [0.3, 0.4) is 0 Å². The van der Waals surface area contributed by atoms with Crippen LogP contribution in [0.4, 0.5) is 0 Å². The van der Waals surface area contributed by atoms with Gasteiger partial charge in [0.05, 0.1) is 0 Å². The Morgan fingerprint density at radius 2 is 1.06 bits per heavy atom. The number of carbonyl (C=O) groups is 2. The lowest BCUT2D eigenvalue weighted by Gasteiger charge is -2.02. The SMILES string of the molecule is C=C(C)C(=O)c1ccc(C(=O)C(=C)C)cc1. The normalized spacial score (nSPS) is 9.62. The fourth-order valence-corrected chi connectivity index (χ4v) is 1.27. The van der Waals surface area contributed by atoms with Gasteiger partial charge in [-0.3, -0.25) is 9.59 Å². The Bertz CT molecular complexity index is 419. The molecule has 0 atom stereocenters. The number of rotatable bonds is 4. The van der Waals surface area contributed by atoms with Gasteiger partial charge < -0.3 is 0 Å². The van der Waals surface area contributed by atoms with E-state index < -0.39 is 0 Å². The molecule has 0 aromatic heterocycles. The van der Waals surface area contributed by atoms with Crippen LogP contribution < -0.4 is 0 Å². The van der Waals surface area contributed by atoms with Gasteiger partial charge in [0, 0.05) is 11.1 Å². The monoisotopic (exact) mass is 214 g/mol. The molecule has 2 heteroatoms. The molecule has 16 heavy (non-hydrogen) atoms. The summed E-state index contributed by atoms with van der Waals surface area (Å²) in [4.78, 5) is 23.1. The van der Waals surface area contributed by atoms with Crippen molar-refractivity contribution in [3.8, 4) is 0 Å². The van der Waals surface area contributed by atoms with Gasteiger partial charge in [-0.15, -0.1) is 0 Å². The van der Waals surface area contributed by atoms with Crippen LogP contribution in [-0.2, 0) is 0 Å². The first-order valence-corrected chi connectivity index (χ1v) is 4.94. The molecule has 0 aliphatic heterocycles. The van der Waals surface area contributed by atoms with Gasteiger partial charge in [0.1, 0.15) is 0 Å². The highest BCUT2D eigenvalue weighted by Crippen LogP contribution is 2.11. The van der Waals surface area contributed by atoms with Crippen LogP contribution in [0.15, 0.2) is 48.6 Å². The summed E-state index contributed by atoms with van der Waals surface area (Å²) in [5.74, 6) is -0.205. The molecule has 82 valence electrons. The molecule has 0 bridgehead atoms. The number of Topliss-reactive ketones (excluding diaryl/α,β-unsaturated/α-hetero) is 2. The Balaban J connectivity index is 3.00. The molecule has 0 spiro atoms. The fourth-order valence-electron chi connectivity index (χ4n) is 1.27. The van der Waals surface area contributed by atoms with Gasteiger partial charge in [0.25, 0.3) is 0 Å². The summed E-state index contributed by atoms with van der Waals surface area (Å²) in [6, 6.07) is 6.53. The van der Waals surface area contributed by atoms with E-state index in [1.54, 1.807) is 38.1 Å². The summed E-state index contributed by atoms with van der Waals surface area (Å²) in [5, 5.41) is 0. The molecule has 2 nitrogen and oxygen atoms in total. The van der Waals surface area contributed by atoms with Crippen molar-refractivity contribution in [2.45, 2.75) is 13.8 Å². The van der Waals surface area contributed by atoms with Crippen molar-refractivity contribution in [2.75, 3.05) is 0 Å². The zero-order valence-corrected chi connectivity index (χ0v) is 9.54. The molecule has 0 unspecified atom stereocenters. The maximum atomic E-state index is 11.6. The molecule has 1 aromatic carbocycles. The second kappa shape index (κ2) is 4.71. The van der Waals surface area contributed by atoms with Crippen molar-refractivity contribution in [1.29, 1.82) is 0 Å². The zero-order chi connectivity index (χ0) is 12.3. The first-order chi connectivity index (χ1) is 7.43. The maximum Gasteiger partial charge on any atom is 0.188 e. The summed E-state index contributed by atoms with van der Waals surface area (Å²) < 4.78 is 0. The van der Waals surface area contributed by atoms with Crippen molar-refractivity contribution in [1.82, 2.24) is 0 Å². The molecule has 0 saturated heterocycles. The molecular formula is C14H14O2. The van der Waals surface area contributed by atoms with Gasteiger partial charge in [0.2, 0.25) is 0 Å². The molecule has 0 aliphatic rings. The summed E-state index contributed by atoms with van der Waals surface area (Å²) in [7, 11) is 0. The molecule has 0 amide bonds. The highest BCUT2D eigenvalue weighted by atomic mass is 16.1. The number of allylic oxidation sites excluding steroid dienone is 2. The number of carbonyl (C=O) groups excluding carboxylic acids is 2. The molecule has 0 aliphatic carbocycles. The Morgan fingerprint density at radius 1 is 0.812 bits per heavy atom. The molecule has 1 rings (SSSR count). The lowest BCUT2D eigenvalue weighted by atomic mass is 10.0. The van der Waals surface area contributed by atoms with Gasteiger partial charge in [-0.2, -0.15) is 0 Å². The second-order valence-corrected chi connectivity index (χ2v) is 3.80. The predicted molar refractivity (Wildman–Crippen MR) is 64.7 cm³/mol. The molecule has 0 N–H and O–H groups in total. The third-order valence-electron chi connectivity index (χ3n) is 2.18. The summed E-state index contributed by atoms with van der Waals surface area (Å²) in [5.41, 5.74) is 2.06. The average molecular weight is 214 g/mol. The van der Waals surface area contributed by atoms with Crippen LogP contribution in [0.1, 0.15) is 34.6 Å². The third-order valence-corrected chi connectivity index (χ3v) is 2.18. The van der Waals surface area contributed by atoms with E-state index in [9.17, 15) is 9.59 Å². The van der Waals surface area contributed by atoms with Gasteiger partial charge in [-0.1, -0.05) is 37.4 Å². The minimum absolute atomic E-state index is 0.102. The lowest BCUT2D eigenvalue weighted by Crippen LogP contribution is -2.02. The van der Waals surface area contributed by atoms with E-state index in [1.165, 1.54) is 0 Å². The van der Waals surface area contributed by atoms with E-state index in [2.05, 4.69) is 13.2 Å².